The van der Waals surface area contributed by atoms with Crippen LogP contribution in [0.3, 0.4) is 0 Å². The smallest absolute Gasteiger partial charge is 0.0973 e. The number of aliphatic hydroxyl groups is 1. The molecule has 4 rings (SSSR count). The fourth-order valence-electron chi connectivity index (χ4n) is 7.16. The highest BCUT2D eigenvalue weighted by molar-refractivity contribution is 8.00. The van der Waals surface area contributed by atoms with E-state index in [0.717, 1.165) is 11.8 Å². The van der Waals surface area contributed by atoms with Crippen molar-refractivity contribution in [3.63, 3.8) is 0 Å². The summed E-state index contributed by atoms with van der Waals surface area (Å²) in [5.41, 5.74) is 1.20. The van der Waals surface area contributed by atoms with Gasteiger partial charge in [0.2, 0.25) is 0 Å². The van der Waals surface area contributed by atoms with E-state index in [2.05, 4.69) is 51.6 Å². The minimum absolute atomic E-state index is 0.264. The second-order valence-corrected chi connectivity index (χ2v) is 11.0. The van der Waals surface area contributed by atoms with Crippen molar-refractivity contribution in [1.82, 2.24) is 0 Å². The molecule has 23 heavy (non-hydrogen) atoms. The van der Waals surface area contributed by atoms with Gasteiger partial charge in [-0.05, 0) is 65.6 Å². The lowest BCUT2D eigenvalue weighted by molar-refractivity contribution is -0.138. The predicted molar refractivity (Wildman–Crippen MR) is 99.6 cm³/mol. The molecule has 2 heteroatoms. The van der Waals surface area contributed by atoms with E-state index in [4.69, 9.17) is 0 Å². The summed E-state index contributed by atoms with van der Waals surface area (Å²) in [5, 5.41) is 11.2. The molecule has 1 aliphatic heterocycles. The zero-order valence-corrected chi connectivity index (χ0v) is 16.0. The minimum atomic E-state index is 0.264. The van der Waals surface area contributed by atoms with Gasteiger partial charge in [-0.1, -0.05) is 46.3 Å². The van der Waals surface area contributed by atoms with E-state index >= 15 is 0 Å². The first-order chi connectivity index (χ1) is 10.8. The molecule has 0 aromatic carbocycles. The van der Waals surface area contributed by atoms with Gasteiger partial charge in [0.15, 0.2) is 0 Å². The van der Waals surface area contributed by atoms with Crippen molar-refractivity contribution in [2.45, 2.75) is 65.0 Å². The summed E-state index contributed by atoms with van der Waals surface area (Å²) >= 11 is 2.10. The highest BCUT2D eigenvalue weighted by Gasteiger charge is 2.62. The quantitative estimate of drug-likeness (QED) is 0.589. The second kappa shape index (κ2) is 5.07. The molecule has 128 valence electrons. The van der Waals surface area contributed by atoms with Crippen molar-refractivity contribution in [3.05, 3.63) is 24.0 Å². The number of aliphatic hydroxyl groups excluding tert-OH is 1. The van der Waals surface area contributed by atoms with Crippen LogP contribution in [0, 0.1) is 34.0 Å². The highest BCUT2D eigenvalue weighted by atomic mass is 32.2. The van der Waals surface area contributed by atoms with Crippen molar-refractivity contribution in [1.29, 1.82) is 0 Å². The van der Waals surface area contributed by atoms with Crippen LogP contribution in [-0.4, -0.2) is 16.1 Å². The lowest BCUT2D eigenvalue weighted by Crippen LogP contribution is -2.60. The predicted octanol–water partition coefficient (Wildman–Crippen LogP) is 5.98. The largest absolute Gasteiger partial charge is 0.512 e. The number of rotatable bonds is 0. The minimum Gasteiger partial charge on any atom is -0.512 e. The molecule has 1 N–H and O–H groups in total. The number of hydrogen-bond acceptors (Lipinski definition) is 2. The van der Waals surface area contributed by atoms with E-state index in [1.807, 2.05) is 6.08 Å². The molecule has 0 spiro atoms. The van der Waals surface area contributed by atoms with Gasteiger partial charge >= 0.3 is 0 Å². The molecule has 1 nitrogen and oxygen atoms in total. The van der Waals surface area contributed by atoms with Gasteiger partial charge in [-0.2, -0.15) is 11.8 Å². The molecule has 2 saturated carbocycles. The Kier molecular flexibility index (Phi) is 3.55. The Morgan fingerprint density at radius 3 is 2.61 bits per heavy atom. The average Bonchev–Trinajstić information content (AvgIpc) is 2.45. The molecule has 0 aromatic heterocycles. The molecule has 6 atom stereocenters. The van der Waals surface area contributed by atoms with Gasteiger partial charge in [0, 0.05) is 11.2 Å². The van der Waals surface area contributed by atoms with Crippen LogP contribution in [0.25, 0.3) is 0 Å². The molecule has 1 saturated heterocycles. The first kappa shape index (κ1) is 16.1. The van der Waals surface area contributed by atoms with Crippen LogP contribution in [0.15, 0.2) is 24.0 Å². The maximum absolute atomic E-state index is 10.7. The number of fused-ring (bicyclic) bond motifs is 5. The molecule has 0 radical (unpaired) electrons. The lowest BCUT2D eigenvalue weighted by Gasteiger charge is -2.66. The van der Waals surface area contributed by atoms with Crippen LogP contribution in [0.2, 0.25) is 0 Å². The molecule has 2 unspecified atom stereocenters. The summed E-state index contributed by atoms with van der Waals surface area (Å²) in [7, 11) is 0. The van der Waals surface area contributed by atoms with Gasteiger partial charge in [0.25, 0.3) is 0 Å². The maximum atomic E-state index is 10.7. The van der Waals surface area contributed by atoms with Gasteiger partial charge in [0.05, 0.1) is 5.76 Å². The summed E-state index contributed by atoms with van der Waals surface area (Å²) in [4.78, 5) is 0. The van der Waals surface area contributed by atoms with Gasteiger partial charge in [-0.3, -0.25) is 0 Å². The van der Waals surface area contributed by atoms with Gasteiger partial charge in [-0.25, -0.2) is 0 Å². The normalized spacial score (nSPS) is 51.2. The molecule has 1 heterocycles. The molecular formula is C21H32OS. The van der Waals surface area contributed by atoms with Crippen molar-refractivity contribution in [2.75, 3.05) is 5.75 Å². The summed E-state index contributed by atoms with van der Waals surface area (Å²) in [5.74, 6) is 3.84. The number of thioether (sulfide) groups is 1. The summed E-state index contributed by atoms with van der Waals surface area (Å²) in [6.07, 6.45) is 13.1. The topological polar surface area (TPSA) is 20.2 Å². The van der Waals surface area contributed by atoms with Gasteiger partial charge < -0.3 is 5.11 Å². The molecule has 0 amide bonds. The van der Waals surface area contributed by atoms with E-state index in [-0.39, 0.29) is 5.41 Å². The van der Waals surface area contributed by atoms with Crippen LogP contribution >= 0.6 is 11.8 Å². The fraction of sp³-hybridized carbons (Fsp3) is 0.810. The summed E-state index contributed by atoms with van der Waals surface area (Å²) < 4.78 is 0. The van der Waals surface area contributed by atoms with Crippen LogP contribution in [0.5, 0.6) is 0 Å². The van der Waals surface area contributed by atoms with Crippen LogP contribution in [0.1, 0.15) is 59.8 Å². The molecule has 0 bridgehead atoms. The molecule has 3 aliphatic carbocycles. The van der Waals surface area contributed by atoms with E-state index < -0.39 is 0 Å². The standard InChI is InChI=1S/C21H32OS/c1-19(2)10-6-11-20(3)16(19)9-12-21(4)17(20)13-23-15-8-5-7-14(22)18(15)21/h5,7-8,15-18,22H,6,9-13H2,1-4H3/t15?,16-,17+,18?,20-,21+/m0/s1. The molecule has 0 aromatic rings. The van der Waals surface area contributed by atoms with Crippen LogP contribution in [0.4, 0.5) is 0 Å². The Bertz CT molecular complexity index is 562. The van der Waals surface area contributed by atoms with Crippen LogP contribution in [-0.2, 0) is 0 Å². The molecular weight excluding hydrogens is 300 g/mol. The lowest BCUT2D eigenvalue weighted by atomic mass is 9.41. The Morgan fingerprint density at radius 1 is 1.04 bits per heavy atom. The first-order valence-corrected chi connectivity index (χ1v) is 10.5. The van der Waals surface area contributed by atoms with E-state index in [0.29, 0.717) is 27.8 Å². The maximum Gasteiger partial charge on any atom is 0.0973 e. The monoisotopic (exact) mass is 332 g/mol. The zero-order valence-electron chi connectivity index (χ0n) is 15.1. The van der Waals surface area contributed by atoms with E-state index in [1.54, 1.807) is 0 Å². The third kappa shape index (κ3) is 2.12. The number of hydrogen-bond donors (Lipinski definition) is 1. The summed E-state index contributed by atoms with van der Waals surface area (Å²) in [6, 6.07) is 0. The molecule has 4 aliphatic rings. The molecule has 3 fully saturated rings. The first-order valence-electron chi connectivity index (χ1n) is 9.48. The summed E-state index contributed by atoms with van der Waals surface area (Å²) in [6.45, 7) is 10.1. The van der Waals surface area contributed by atoms with E-state index in [1.165, 1.54) is 37.9 Å². The zero-order chi connectivity index (χ0) is 16.5. The Hall–Kier alpha value is -0.370. The third-order valence-corrected chi connectivity index (χ3v) is 9.56. The van der Waals surface area contributed by atoms with Crippen molar-refractivity contribution >= 4 is 11.8 Å². The third-order valence-electron chi connectivity index (χ3n) is 8.22. The van der Waals surface area contributed by atoms with Gasteiger partial charge in [-0.15, -0.1) is 0 Å². The SMILES string of the molecule is CC1(C)CCC[C@]2(C)[C@H]3CSC4C=CC=C(O)C4[C@]3(C)CC[C@@H]12. The Balaban J connectivity index is 1.75. The average molecular weight is 333 g/mol. The van der Waals surface area contributed by atoms with Crippen molar-refractivity contribution in [3.8, 4) is 0 Å². The highest BCUT2D eigenvalue weighted by Crippen LogP contribution is 2.69. The van der Waals surface area contributed by atoms with E-state index in [9.17, 15) is 5.11 Å². The van der Waals surface area contributed by atoms with Crippen LogP contribution < -0.4 is 0 Å². The van der Waals surface area contributed by atoms with Gasteiger partial charge in [0.1, 0.15) is 0 Å². The van der Waals surface area contributed by atoms with Crippen molar-refractivity contribution in [2.24, 2.45) is 34.0 Å². The van der Waals surface area contributed by atoms with Crippen molar-refractivity contribution < 1.29 is 5.11 Å². The number of allylic oxidation sites excluding steroid dienone is 3. The Morgan fingerprint density at radius 2 is 1.83 bits per heavy atom. The fourth-order valence-corrected chi connectivity index (χ4v) is 9.18. The second-order valence-electron chi connectivity index (χ2n) is 9.75. The Labute approximate surface area is 146 Å².